The molecule has 1 amide bonds. The van der Waals surface area contributed by atoms with E-state index in [4.69, 9.17) is 5.73 Å². The molecular weight excluding hydrogens is 225 g/mol. The maximum Gasteiger partial charge on any atom is 0.422 e. The van der Waals surface area contributed by atoms with Gasteiger partial charge in [0.1, 0.15) is 0 Å². The summed E-state index contributed by atoms with van der Waals surface area (Å²) in [6.45, 7) is 2.36. The SMILES string of the molecule is CC1(C)C[C@]1(CN)NC(=O)OCC(F)(F)F. The van der Waals surface area contributed by atoms with Gasteiger partial charge in [-0.2, -0.15) is 13.2 Å². The van der Waals surface area contributed by atoms with E-state index >= 15 is 0 Å². The van der Waals surface area contributed by atoms with Gasteiger partial charge in [0.15, 0.2) is 6.61 Å². The third kappa shape index (κ3) is 2.78. The van der Waals surface area contributed by atoms with Crippen molar-refractivity contribution in [1.82, 2.24) is 5.32 Å². The van der Waals surface area contributed by atoms with E-state index in [0.717, 1.165) is 0 Å². The van der Waals surface area contributed by atoms with Crippen molar-refractivity contribution >= 4 is 6.09 Å². The number of alkyl halides is 3. The highest BCUT2D eigenvalue weighted by atomic mass is 19.4. The molecule has 0 aliphatic heterocycles. The zero-order valence-electron chi connectivity index (χ0n) is 9.15. The van der Waals surface area contributed by atoms with E-state index in [9.17, 15) is 18.0 Å². The van der Waals surface area contributed by atoms with Crippen LogP contribution >= 0.6 is 0 Å². The molecule has 1 aliphatic carbocycles. The van der Waals surface area contributed by atoms with Gasteiger partial charge in [-0.1, -0.05) is 13.8 Å². The molecule has 0 spiro atoms. The molecule has 0 heterocycles. The van der Waals surface area contributed by atoms with Gasteiger partial charge in [-0.3, -0.25) is 0 Å². The van der Waals surface area contributed by atoms with Gasteiger partial charge >= 0.3 is 12.3 Å². The van der Waals surface area contributed by atoms with Gasteiger partial charge in [0.2, 0.25) is 0 Å². The van der Waals surface area contributed by atoms with Crippen molar-refractivity contribution in [3.8, 4) is 0 Å². The summed E-state index contributed by atoms with van der Waals surface area (Å²) in [5, 5.41) is 2.39. The minimum Gasteiger partial charge on any atom is -0.440 e. The quantitative estimate of drug-likeness (QED) is 0.783. The Labute approximate surface area is 91.3 Å². The molecule has 7 heteroatoms. The maximum atomic E-state index is 11.8. The second kappa shape index (κ2) is 3.80. The number of alkyl carbamates (subject to hydrolysis) is 1. The average Bonchev–Trinajstić information content (AvgIpc) is 2.64. The highest BCUT2D eigenvalue weighted by Crippen LogP contribution is 2.54. The Hall–Kier alpha value is -0.980. The lowest BCUT2D eigenvalue weighted by Gasteiger charge is -2.20. The Morgan fingerprint density at radius 3 is 2.31 bits per heavy atom. The van der Waals surface area contributed by atoms with Crippen LogP contribution in [0.3, 0.4) is 0 Å². The Bertz CT molecular complexity index is 291. The summed E-state index contributed by atoms with van der Waals surface area (Å²) >= 11 is 0. The van der Waals surface area contributed by atoms with Crippen LogP contribution in [0.5, 0.6) is 0 Å². The normalized spacial score (nSPS) is 27.4. The Morgan fingerprint density at radius 2 is 2.00 bits per heavy atom. The lowest BCUT2D eigenvalue weighted by molar-refractivity contribution is -0.160. The largest absolute Gasteiger partial charge is 0.440 e. The number of hydrogen-bond donors (Lipinski definition) is 2. The first kappa shape index (κ1) is 13.1. The molecule has 4 nitrogen and oxygen atoms in total. The third-order valence-electron chi connectivity index (χ3n) is 2.97. The first-order chi connectivity index (χ1) is 7.12. The van der Waals surface area contributed by atoms with Gasteiger partial charge in [-0.15, -0.1) is 0 Å². The van der Waals surface area contributed by atoms with Crippen LogP contribution in [0.15, 0.2) is 0 Å². The summed E-state index contributed by atoms with van der Waals surface area (Å²) in [7, 11) is 0. The monoisotopic (exact) mass is 240 g/mol. The van der Waals surface area contributed by atoms with Crippen molar-refractivity contribution in [1.29, 1.82) is 0 Å². The number of carbonyl (C=O) groups excluding carboxylic acids is 1. The van der Waals surface area contributed by atoms with E-state index < -0.39 is 24.4 Å². The molecule has 1 rings (SSSR count). The van der Waals surface area contributed by atoms with Crippen LogP contribution in [0.4, 0.5) is 18.0 Å². The van der Waals surface area contributed by atoms with Gasteiger partial charge in [0, 0.05) is 6.54 Å². The fourth-order valence-electron chi connectivity index (χ4n) is 1.70. The van der Waals surface area contributed by atoms with Gasteiger partial charge in [0.05, 0.1) is 5.54 Å². The minimum atomic E-state index is -4.51. The smallest absolute Gasteiger partial charge is 0.422 e. The summed E-state index contributed by atoms with van der Waals surface area (Å²) in [6.07, 6.45) is -4.95. The van der Waals surface area contributed by atoms with Crippen molar-refractivity contribution in [3.05, 3.63) is 0 Å². The molecule has 0 aromatic carbocycles. The van der Waals surface area contributed by atoms with Crippen LogP contribution in [-0.4, -0.2) is 31.0 Å². The van der Waals surface area contributed by atoms with Crippen LogP contribution in [0.1, 0.15) is 20.3 Å². The zero-order valence-corrected chi connectivity index (χ0v) is 9.15. The molecular formula is C9H15F3N2O2. The molecule has 0 radical (unpaired) electrons. The van der Waals surface area contributed by atoms with Crippen molar-refractivity contribution < 1.29 is 22.7 Å². The van der Waals surface area contributed by atoms with Gasteiger partial charge in [-0.25, -0.2) is 4.79 Å². The highest BCUT2D eigenvalue weighted by molar-refractivity contribution is 5.69. The fourth-order valence-corrected chi connectivity index (χ4v) is 1.70. The van der Waals surface area contributed by atoms with E-state index in [1.54, 1.807) is 0 Å². The second-order valence-electron chi connectivity index (χ2n) is 4.66. The highest BCUT2D eigenvalue weighted by Gasteiger charge is 2.61. The maximum absolute atomic E-state index is 11.8. The fraction of sp³-hybridized carbons (Fsp3) is 0.889. The Balaban J connectivity index is 2.41. The summed E-state index contributed by atoms with van der Waals surface area (Å²) in [5.74, 6) is 0. The third-order valence-corrected chi connectivity index (χ3v) is 2.97. The number of rotatable bonds is 3. The molecule has 0 aromatic heterocycles. The minimum absolute atomic E-state index is 0.182. The predicted molar refractivity (Wildman–Crippen MR) is 50.7 cm³/mol. The van der Waals surface area contributed by atoms with E-state index in [-0.39, 0.29) is 12.0 Å². The molecule has 1 atom stereocenters. The van der Waals surface area contributed by atoms with Crippen LogP contribution in [0, 0.1) is 5.41 Å². The van der Waals surface area contributed by atoms with E-state index in [1.165, 1.54) is 0 Å². The molecule has 0 aromatic rings. The predicted octanol–water partition coefficient (Wildman–Crippen LogP) is 1.40. The Kier molecular flexibility index (Phi) is 3.11. The standard InChI is InChI=1S/C9H15F3N2O2/c1-7(2)3-8(7,4-13)14-6(15)16-5-9(10,11)12/h3-5,13H2,1-2H3,(H,14,15)/t8-/m1/s1. The number of ether oxygens (including phenoxy) is 1. The molecule has 1 saturated carbocycles. The number of nitrogens with one attached hydrogen (secondary N) is 1. The first-order valence-corrected chi connectivity index (χ1v) is 4.84. The zero-order chi connectivity index (χ0) is 12.6. The topological polar surface area (TPSA) is 64.3 Å². The van der Waals surface area contributed by atoms with Gasteiger partial charge in [-0.05, 0) is 11.8 Å². The van der Waals surface area contributed by atoms with E-state index in [0.29, 0.717) is 6.42 Å². The first-order valence-electron chi connectivity index (χ1n) is 4.84. The molecule has 0 unspecified atom stereocenters. The average molecular weight is 240 g/mol. The second-order valence-corrected chi connectivity index (χ2v) is 4.66. The number of amides is 1. The van der Waals surface area contributed by atoms with Crippen LogP contribution in [0.2, 0.25) is 0 Å². The van der Waals surface area contributed by atoms with Crippen LogP contribution in [0.25, 0.3) is 0 Å². The number of halogens is 3. The molecule has 1 aliphatic rings. The van der Waals surface area contributed by atoms with Crippen molar-refractivity contribution in [2.75, 3.05) is 13.2 Å². The number of carbonyl (C=O) groups is 1. The van der Waals surface area contributed by atoms with Crippen molar-refractivity contribution in [3.63, 3.8) is 0 Å². The number of nitrogens with two attached hydrogens (primary N) is 1. The molecule has 1 fully saturated rings. The van der Waals surface area contributed by atoms with Gasteiger partial charge in [0.25, 0.3) is 0 Å². The molecule has 16 heavy (non-hydrogen) atoms. The van der Waals surface area contributed by atoms with Gasteiger partial charge < -0.3 is 15.8 Å². The van der Waals surface area contributed by atoms with E-state index in [2.05, 4.69) is 10.1 Å². The van der Waals surface area contributed by atoms with Crippen LogP contribution in [-0.2, 0) is 4.74 Å². The summed E-state index contributed by atoms with van der Waals surface area (Å²) in [5.41, 5.74) is 4.66. The summed E-state index contributed by atoms with van der Waals surface area (Å²) in [4.78, 5) is 11.1. The molecule has 3 N–H and O–H groups in total. The Morgan fingerprint density at radius 1 is 1.50 bits per heavy atom. The van der Waals surface area contributed by atoms with Crippen molar-refractivity contribution in [2.24, 2.45) is 11.1 Å². The lowest BCUT2D eigenvalue weighted by Crippen LogP contribution is -2.46. The summed E-state index contributed by atoms with van der Waals surface area (Å²) < 4.78 is 39.4. The number of hydrogen-bond acceptors (Lipinski definition) is 3. The van der Waals surface area contributed by atoms with Crippen LogP contribution < -0.4 is 11.1 Å². The molecule has 0 bridgehead atoms. The van der Waals surface area contributed by atoms with Crippen molar-refractivity contribution in [2.45, 2.75) is 32.0 Å². The summed E-state index contributed by atoms with van der Waals surface area (Å²) in [6, 6.07) is 0. The lowest BCUT2D eigenvalue weighted by atomic mass is 10.1. The molecule has 0 saturated heterocycles. The molecule has 94 valence electrons. The van der Waals surface area contributed by atoms with E-state index in [1.807, 2.05) is 13.8 Å².